The van der Waals surface area contributed by atoms with Crippen molar-refractivity contribution < 1.29 is 14.7 Å². The van der Waals surface area contributed by atoms with Crippen LogP contribution in [-0.2, 0) is 11.2 Å². The van der Waals surface area contributed by atoms with Crippen molar-refractivity contribution in [2.45, 2.75) is 30.8 Å². The van der Waals surface area contributed by atoms with E-state index in [2.05, 4.69) is 16.0 Å². The number of nitrogens with zero attached hydrogens (tertiary/aromatic N) is 1. The van der Waals surface area contributed by atoms with Gasteiger partial charge in [-0.25, -0.2) is 4.79 Å². The molecule has 3 rings (SSSR count). The predicted molar refractivity (Wildman–Crippen MR) is 103 cm³/mol. The molecule has 1 saturated carbocycles. The summed E-state index contributed by atoms with van der Waals surface area (Å²) in [5, 5.41) is 26.1. The number of hydrogen-bond donors (Lipinski definition) is 4. The summed E-state index contributed by atoms with van der Waals surface area (Å²) in [4.78, 5) is 24.7. The van der Waals surface area contributed by atoms with Crippen LogP contribution in [0.25, 0.3) is 0 Å². The number of nitriles is 1. The Morgan fingerprint density at radius 3 is 2.54 bits per heavy atom. The standard InChI is InChI=1S/C21H22N4O3/c22-10-11-23-20(27)19(12-14-6-8-16(26)9-7-14)25-21(28)24-18-13-17(18)15-4-2-1-3-5-15/h1-9,17-19,26H,11-13H2,(H,23,27)(H2,24,25,28). The van der Waals surface area contributed by atoms with Crippen molar-refractivity contribution in [1.82, 2.24) is 16.0 Å². The Labute approximate surface area is 163 Å². The molecule has 3 amide bonds. The van der Waals surface area contributed by atoms with Gasteiger partial charge in [0.1, 0.15) is 18.3 Å². The zero-order valence-electron chi connectivity index (χ0n) is 15.3. The van der Waals surface area contributed by atoms with Gasteiger partial charge in [-0.3, -0.25) is 4.79 Å². The topological polar surface area (TPSA) is 114 Å². The number of amides is 3. The number of phenolic OH excluding ortho intramolecular Hbond substituents is 1. The maximum atomic E-state index is 12.4. The minimum atomic E-state index is -0.827. The number of benzene rings is 2. The van der Waals surface area contributed by atoms with E-state index >= 15 is 0 Å². The Morgan fingerprint density at radius 2 is 1.86 bits per heavy atom. The van der Waals surface area contributed by atoms with E-state index < -0.39 is 18.0 Å². The van der Waals surface area contributed by atoms with Gasteiger partial charge in [-0.2, -0.15) is 5.26 Å². The minimum absolute atomic E-state index is 0.0406. The van der Waals surface area contributed by atoms with Gasteiger partial charge in [0.15, 0.2) is 0 Å². The van der Waals surface area contributed by atoms with Crippen molar-refractivity contribution in [3.8, 4) is 11.8 Å². The number of nitrogens with one attached hydrogen (secondary N) is 3. The van der Waals surface area contributed by atoms with Crippen LogP contribution in [0.2, 0.25) is 0 Å². The molecule has 1 aliphatic rings. The third-order valence-corrected chi connectivity index (χ3v) is 4.67. The Kier molecular flexibility index (Phi) is 6.12. The lowest BCUT2D eigenvalue weighted by Gasteiger charge is -2.18. The molecule has 0 aliphatic heterocycles. The summed E-state index contributed by atoms with van der Waals surface area (Å²) < 4.78 is 0. The maximum absolute atomic E-state index is 12.4. The van der Waals surface area contributed by atoms with Gasteiger partial charge in [-0.1, -0.05) is 42.5 Å². The number of rotatable bonds is 7. The SMILES string of the molecule is N#CCNC(=O)C(Cc1ccc(O)cc1)NC(=O)NC1CC1c1ccccc1. The Balaban J connectivity index is 1.58. The number of aromatic hydroxyl groups is 1. The van der Waals surface area contributed by atoms with Crippen molar-refractivity contribution >= 4 is 11.9 Å². The molecule has 0 aromatic heterocycles. The smallest absolute Gasteiger partial charge is 0.315 e. The molecule has 28 heavy (non-hydrogen) atoms. The molecule has 0 saturated heterocycles. The van der Waals surface area contributed by atoms with Gasteiger partial charge < -0.3 is 21.1 Å². The number of hydrogen-bond acceptors (Lipinski definition) is 4. The second-order valence-corrected chi connectivity index (χ2v) is 6.78. The largest absolute Gasteiger partial charge is 0.508 e. The van der Waals surface area contributed by atoms with E-state index in [0.29, 0.717) is 0 Å². The van der Waals surface area contributed by atoms with E-state index in [4.69, 9.17) is 5.26 Å². The molecule has 7 heteroatoms. The van der Waals surface area contributed by atoms with E-state index in [-0.39, 0.29) is 30.7 Å². The van der Waals surface area contributed by atoms with Gasteiger partial charge in [-0.15, -0.1) is 0 Å². The summed E-state index contributed by atoms with van der Waals surface area (Å²) in [5.74, 6) is -0.0179. The fraction of sp³-hybridized carbons (Fsp3) is 0.286. The molecule has 2 aromatic rings. The monoisotopic (exact) mass is 378 g/mol. The van der Waals surface area contributed by atoms with Crippen LogP contribution in [0.4, 0.5) is 4.79 Å². The molecule has 0 radical (unpaired) electrons. The van der Waals surface area contributed by atoms with Crippen molar-refractivity contribution in [2.24, 2.45) is 0 Å². The second-order valence-electron chi connectivity index (χ2n) is 6.78. The van der Waals surface area contributed by atoms with Crippen LogP contribution in [0, 0.1) is 11.3 Å². The van der Waals surface area contributed by atoms with Crippen LogP contribution < -0.4 is 16.0 Å². The van der Waals surface area contributed by atoms with Gasteiger partial charge in [0, 0.05) is 18.4 Å². The van der Waals surface area contributed by atoms with Gasteiger partial charge >= 0.3 is 6.03 Å². The van der Waals surface area contributed by atoms with Crippen molar-refractivity contribution in [1.29, 1.82) is 5.26 Å². The van der Waals surface area contributed by atoms with E-state index in [1.54, 1.807) is 12.1 Å². The highest BCUT2D eigenvalue weighted by Gasteiger charge is 2.39. The van der Waals surface area contributed by atoms with Crippen molar-refractivity contribution in [3.05, 3.63) is 65.7 Å². The molecule has 3 unspecified atom stereocenters. The van der Waals surface area contributed by atoms with Gasteiger partial charge in [-0.05, 0) is 29.7 Å². The van der Waals surface area contributed by atoms with Crippen molar-refractivity contribution in [3.63, 3.8) is 0 Å². The van der Waals surface area contributed by atoms with E-state index in [1.807, 2.05) is 36.4 Å². The molecule has 3 atom stereocenters. The fourth-order valence-corrected chi connectivity index (χ4v) is 3.12. The molecule has 0 spiro atoms. The van der Waals surface area contributed by atoms with Crippen LogP contribution in [0.5, 0.6) is 5.75 Å². The highest BCUT2D eigenvalue weighted by atomic mass is 16.3. The highest BCUT2D eigenvalue weighted by molar-refractivity contribution is 5.87. The summed E-state index contributed by atoms with van der Waals surface area (Å²) in [6, 6.07) is 17.0. The zero-order valence-corrected chi connectivity index (χ0v) is 15.3. The molecule has 2 aromatic carbocycles. The third-order valence-electron chi connectivity index (χ3n) is 4.67. The van der Waals surface area contributed by atoms with E-state index in [9.17, 15) is 14.7 Å². The summed E-state index contributed by atoms with van der Waals surface area (Å²) in [5.41, 5.74) is 1.96. The van der Waals surface area contributed by atoms with Gasteiger partial charge in [0.25, 0.3) is 0 Å². The predicted octanol–water partition coefficient (Wildman–Crippen LogP) is 1.80. The summed E-state index contributed by atoms with van der Waals surface area (Å²) in [6.07, 6.45) is 1.11. The molecule has 1 aliphatic carbocycles. The van der Waals surface area contributed by atoms with Crippen molar-refractivity contribution in [2.75, 3.05) is 6.54 Å². The fourth-order valence-electron chi connectivity index (χ4n) is 3.12. The molecular formula is C21H22N4O3. The first-order valence-electron chi connectivity index (χ1n) is 9.11. The molecule has 0 bridgehead atoms. The highest BCUT2D eigenvalue weighted by Crippen LogP contribution is 2.40. The molecule has 0 heterocycles. The molecular weight excluding hydrogens is 356 g/mol. The zero-order chi connectivity index (χ0) is 19.9. The third kappa shape index (κ3) is 5.24. The van der Waals surface area contributed by atoms with Crippen LogP contribution in [0.3, 0.4) is 0 Å². The number of urea groups is 1. The number of phenols is 1. The average molecular weight is 378 g/mol. The lowest BCUT2D eigenvalue weighted by atomic mass is 10.1. The number of carbonyl (C=O) groups is 2. The lowest BCUT2D eigenvalue weighted by Crippen LogP contribution is -2.51. The summed E-state index contributed by atoms with van der Waals surface area (Å²) >= 11 is 0. The quantitative estimate of drug-likeness (QED) is 0.550. The number of carbonyl (C=O) groups excluding carboxylic acids is 2. The lowest BCUT2D eigenvalue weighted by molar-refractivity contribution is -0.122. The summed E-state index contributed by atoms with van der Waals surface area (Å²) in [7, 11) is 0. The van der Waals surface area contributed by atoms with Gasteiger partial charge in [0.2, 0.25) is 5.91 Å². The molecule has 4 N–H and O–H groups in total. The molecule has 144 valence electrons. The second kappa shape index (κ2) is 8.91. The Bertz CT molecular complexity index is 861. The van der Waals surface area contributed by atoms with Gasteiger partial charge in [0.05, 0.1) is 6.07 Å². The van der Waals surface area contributed by atoms with Crippen LogP contribution in [-0.4, -0.2) is 35.7 Å². The molecule has 1 fully saturated rings. The first kappa shape index (κ1) is 19.2. The molecule has 7 nitrogen and oxygen atoms in total. The van der Waals surface area contributed by atoms with Crippen LogP contribution in [0.15, 0.2) is 54.6 Å². The van der Waals surface area contributed by atoms with E-state index in [0.717, 1.165) is 12.0 Å². The first-order valence-corrected chi connectivity index (χ1v) is 9.11. The first-order chi connectivity index (χ1) is 13.6. The van der Waals surface area contributed by atoms with E-state index in [1.165, 1.54) is 17.7 Å². The van der Waals surface area contributed by atoms with Crippen LogP contribution in [0.1, 0.15) is 23.5 Å². The Hall–Kier alpha value is -3.53. The average Bonchev–Trinajstić information content (AvgIpc) is 3.47. The Morgan fingerprint density at radius 1 is 1.14 bits per heavy atom. The van der Waals surface area contributed by atoms with Crippen LogP contribution >= 0.6 is 0 Å². The normalized spacial score (nSPS) is 18.4. The summed E-state index contributed by atoms with van der Waals surface area (Å²) in [6.45, 7) is -0.132. The maximum Gasteiger partial charge on any atom is 0.315 e. The minimum Gasteiger partial charge on any atom is -0.508 e.